The van der Waals surface area contributed by atoms with Crippen LogP contribution < -0.4 is 15.5 Å². The number of benzene rings is 1. The summed E-state index contributed by atoms with van der Waals surface area (Å²) in [5.74, 6) is -2.53. The zero-order chi connectivity index (χ0) is 24.0. The predicted molar refractivity (Wildman–Crippen MR) is 144 cm³/mol. The van der Waals surface area contributed by atoms with Gasteiger partial charge in [-0.15, -0.1) is 0 Å². The molecule has 1 aromatic heterocycles. The summed E-state index contributed by atoms with van der Waals surface area (Å²) >= 11 is 0. The third-order valence-electron chi connectivity index (χ3n) is 6.52. The number of fused-ring (bicyclic) bond motifs is 1. The van der Waals surface area contributed by atoms with Crippen LogP contribution in [0.25, 0.3) is 0 Å². The van der Waals surface area contributed by atoms with Gasteiger partial charge in [-0.2, -0.15) is 18.5 Å². The van der Waals surface area contributed by atoms with Gasteiger partial charge in [0.05, 0.1) is 5.69 Å². The molecule has 0 unspecified atom stereocenters. The molecule has 2 N–H and O–H groups in total. The Morgan fingerprint density at radius 1 is 1.17 bits per heavy atom. The molecular formula is C25H39F3N6OS. The topological polar surface area (TPSA) is 73.4 Å². The predicted octanol–water partition coefficient (Wildman–Crippen LogP) is 5.08. The molecular weight excluding hydrogens is 489 g/mol. The summed E-state index contributed by atoms with van der Waals surface area (Å²) in [7, 11) is 3.75. The van der Waals surface area contributed by atoms with E-state index < -0.39 is 17.5 Å². The Balaban J connectivity index is 0.00000216. The number of nitrogens with zero attached hydrogens (tertiary/aromatic N) is 4. The molecule has 1 aliphatic heterocycles. The number of aromatic nitrogens is 2. The third kappa shape index (κ3) is 6.05. The van der Waals surface area contributed by atoms with Gasteiger partial charge < -0.3 is 15.5 Å². The average molecular weight is 529 g/mol. The fourth-order valence-corrected chi connectivity index (χ4v) is 4.64. The number of carbonyl (C=O) groups is 1. The lowest BCUT2D eigenvalue weighted by Gasteiger charge is -2.42. The van der Waals surface area contributed by atoms with Gasteiger partial charge in [-0.05, 0) is 50.4 Å². The van der Waals surface area contributed by atoms with Crippen LogP contribution in [0, 0.1) is 30.3 Å². The highest BCUT2D eigenvalue weighted by atomic mass is 32.1. The lowest BCUT2D eigenvalue weighted by molar-refractivity contribution is -0.118. The van der Waals surface area contributed by atoms with Gasteiger partial charge in [0.25, 0.3) is 0 Å². The first-order chi connectivity index (χ1) is 15.5. The Morgan fingerprint density at radius 3 is 2.31 bits per heavy atom. The van der Waals surface area contributed by atoms with E-state index in [-0.39, 0.29) is 58.3 Å². The lowest BCUT2D eigenvalue weighted by atomic mass is 9.85. The summed E-state index contributed by atoms with van der Waals surface area (Å²) in [6, 6.07) is 2.13. The van der Waals surface area contributed by atoms with Crippen molar-refractivity contribution >= 4 is 36.9 Å². The molecule has 2 aromatic rings. The van der Waals surface area contributed by atoms with E-state index in [0.29, 0.717) is 35.3 Å². The molecule has 1 aliphatic carbocycles. The Hall–Kier alpha value is -2.53. The molecule has 0 spiro atoms. The Kier molecular flexibility index (Phi) is 10.6. The zero-order valence-corrected chi connectivity index (χ0v) is 20.9. The van der Waals surface area contributed by atoms with Crippen LogP contribution in [0.3, 0.4) is 0 Å². The average Bonchev–Trinajstić information content (AvgIpc) is 2.69. The maximum Gasteiger partial charge on any atom is 0.247 e. The molecule has 1 saturated carbocycles. The van der Waals surface area contributed by atoms with Crippen LogP contribution in [0.2, 0.25) is 0 Å². The minimum absolute atomic E-state index is 0. The van der Waals surface area contributed by atoms with E-state index >= 15 is 0 Å². The fraction of sp³-hybridized carbons (Fsp3) is 0.560. The molecule has 1 amide bonds. The summed E-state index contributed by atoms with van der Waals surface area (Å²) in [5.41, 5.74) is 1.72. The van der Waals surface area contributed by atoms with Crippen molar-refractivity contribution in [2.45, 2.75) is 73.1 Å². The molecule has 0 radical (unpaired) electrons. The zero-order valence-electron chi connectivity index (χ0n) is 19.9. The van der Waals surface area contributed by atoms with E-state index in [1.807, 2.05) is 44.7 Å². The van der Waals surface area contributed by atoms with E-state index in [9.17, 15) is 18.0 Å². The van der Waals surface area contributed by atoms with Gasteiger partial charge in [0.2, 0.25) is 11.9 Å². The van der Waals surface area contributed by atoms with Crippen LogP contribution >= 0.6 is 13.5 Å². The number of hydrogen-bond donors (Lipinski definition) is 2. The second-order valence-electron chi connectivity index (χ2n) is 9.38. The van der Waals surface area contributed by atoms with Crippen molar-refractivity contribution in [2.24, 2.45) is 5.92 Å². The van der Waals surface area contributed by atoms with E-state index in [1.165, 1.54) is 0 Å². The smallest absolute Gasteiger partial charge is 0.247 e. The van der Waals surface area contributed by atoms with Crippen molar-refractivity contribution in [1.29, 1.82) is 0 Å². The van der Waals surface area contributed by atoms with E-state index in [2.05, 4.69) is 20.6 Å². The molecule has 202 valence electrons. The Morgan fingerprint density at radius 2 is 1.75 bits per heavy atom. The van der Waals surface area contributed by atoms with Gasteiger partial charge in [0.15, 0.2) is 23.3 Å². The summed E-state index contributed by atoms with van der Waals surface area (Å²) < 4.78 is 40.1. The number of amides is 1. The number of halogens is 3. The molecule has 4 rings (SSSR count). The van der Waals surface area contributed by atoms with Gasteiger partial charge in [-0.1, -0.05) is 28.7 Å². The molecule has 2 heterocycles. The van der Waals surface area contributed by atoms with Gasteiger partial charge >= 0.3 is 0 Å². The van der Waals surface area contributed by atoms with Crippen LogP contribution in [0.15, 0.2) is 12.1 Å². The molecule has 1 fully saturated rings. The Bertz CT molecular complexity index is 1060. The molecule has 2 aliphatic rings. The highest BCUT2D eigenvalue weighted by molar-refractivity contribution is 7.59. The number of aryl methyl sites for hydroxylation is 1. The number of carbonyl (C=O) groups excluding carboxylic acids is 1. The van der Waals surface area contributed by atoms with Gasteiger partial charge in [-0.25, -0.2) is 18.2 Å². The lowest BCUT2D eigenvalue weighted by Crippen LogP contribution is -2.50. The van der Waals surface area contributed by atoms with Crippen molar-refractivity contribution in [1.82, 2.24) is 14.9 Å². The summed E-state index contributed by atoms with van der Waals surface area (Å²) in [4.78, 5) is 25.6. The monoisotopic (exact) mass is 528 g/mol. The number of nitrogens with one attached hydrogen (secondary N) is 2. The second kappa shape index (κ2) is 12.1. The first-order valence-corrected chi connectivity index (χ1v) is 11.1. The molecule has 1 atom stereocenters. The highest BCUT2D eigenvalue weighted by Gasteiger charge is 2.36. The van der Waals surface area contributed by atoms with Crippen molar-refractivity contribution < 1.29 is 18.0 Å². The number of rotatable bonds is 6. The number of likely N-dealkylation sites (N-methyl/N-ethyl adjacent to an activating group) is 1. The normalized spacial score (nSPS) is 20.4. The largest absolute Gasteiger partial charge is 0.351 e. The van der Waals surface area contributed by atoms with Crippen LogP contribution in [-0.4, -0.2) is 53.0 Å². The minimum Gasteiger partial charge on any atom is -0.351 e. The van der Waals surface area contributed by atoms with Gasteiger partial charge in [0, 0.05) is 25.7 Å². The van der Waals surface area contributed by atoms with Crippen LogP contribution in [0.5, 0.6) is 0 Å². The van der Waals surface area contributed by atoms with Gasteiger partial charge in [0.1, 0.15) is 11.7 Å². The quantitative estimate of drug-likeness (QED) is 0.510. The Labute approximate surface area is 219 Å². The van der Waals surface area contributed by atoms with Crippen molar-refractivity contribution in [2.75, 3.05) is 29.6 Å². The van der Waals surface area contributed by atoms with Crippen LogP contribution in [0.4, 0.5) is 30.6 Å². The first kappa shape index (κ1) is 31.5. The minimum atomic E-state index is -1.44. The van der Waals surface area contributed by atoms with E-state index in [4.69, 9.17) is 0 Å². The fourth-order valence-electron chi connectivity index (χ4n) is 4.64. The summed E-state index contributed by atoms with van der Waals surface area (Å²) in [6.45, 7) is 6.16. The third-order valence-corrected chi connectivity index (χ3v) is 6.52. The van der Waals surface area contributed by atoms with Crippen LogP contribution in [-0.2, 0) is 11.3 Å². The highest BCUT2D eigenvalue weighted by Crippen LogP contribution is 2.35. The molecule has 36 heavy (non-hydrogen) atoms. The van der Waals surface area contributed by atoms with Gasteiger partial charge in [-0.3, -0.25) is 9.69 Å². The van der Waals surface area contributed by atoms with Crippen molar-refractivity contribution in [3.8, 4) is 0 Å². The SMILES string of the molecule is C.C.Cc1nc(NC2CC(N(C)Cc3cc(F)c(F)c(F)c3)C2)nc2c1NC(=O)[C@H](C(C)C)N2C.S. The van der Waals surface area contributed by atoms with E-state index in [1.54, 1.807) is 0 Å². The van der Waals surface area contributed by atoms with Crippen molar-refractivity contribution in [3.05, 3.63) is 40.8 Å². The maximum absolute atomic E-state index is 13.5. The molecule has 7 nitrogen and oxygen atoms in total. The van der Waals surface area contributed by atoms with E-state index in [0.717, 1.165) is 25.0 Å². The number of hydrogen-bond acceptors (Lipinski definition) is 6. The second-order valence-corrected chi connectivity index (χ2v) is 9.38. The van der Waals surface area contributed by atoms with Crippen LogP contribution in [0.1, 0.15) is 52.8 Å². The molecule has 0 saturated heterocycles. The molecule has 0 bridgehead atoms. The number of anilines is 3. The summed E-state index contributed by atoms with van der Waals surface area (Å²) in [5, 5.41) is 6.30. The standard InChI is InChI=1S/C23H29F3N6O.2CH4.H2S/c1-11(2)20-22(33)29-19-12(3)27-23(30-21(19)32(20)5)28-14-8-15(9-14)31(4)10-13-6-16(24)18(26)17(25)7-13;;;/h6-7,11,14-15,20H,8-10H2,1-5H3,(H,29,33)(H,27,28,30);2*1H4;1H2/t14?,15?,20-;;;/m0.../s1. The van der Waals surface area contributed by atoms with Crippen molar-refractivity contribution in [3.63, 3.8) is 0 Å². The maximum atomic E-state index is 13.5. The first-order valence-electron chi connectivity index (χ1n) is 11.1. The summed E-state index contributed by atoms with van der Waals surface area (Å²) in [6.07, 6.45) is 1.62. The molecule has 11 heteroatoms. The molecule has 1 aromatic carbocycles.